The third-order valence-electron chi connectivity index (χ3n) is 4.62. The van der Waals surface area contributed by atoms with Gasteiger partial charge in [-0.15, -0.1) is 0 Å². The second kappa shape index (κ2) is 6.04. The molecule has 0 saturated heterocycles. The van der Waals surface area contributed by atoms with Gasteiger partial charge in [-0.25, -0.2) is 0 Å². The molecule has 2 atom stereocenters. The average molecular weight is 278 g/mol. The lowest BCUT2D eigenvalue weighted by Crippen LogP contribution is -2.40. The van der Waals surface area contributed by atoms with Crippen LogP contribution in [0.15, 0.2) is 18.2 Å². The molecule has 2 rings (SSSR count). The van der Waals surface area contributed by atoms with E-state index in [0.717, 1.165) is 24.8 Å². The Morgan fingerprint density at radius 2 is 1.85 bits per heavy atom. The molecule has 0 aliphatic heterocycles. The smallest absolute Gasteiger partial charge is 0.161 e. The van der Waals surface area contributed by atoms with Crippen molar-refractivity contribution in [1.82, 2.24) is 0 Å². The Balaban J connectivity index is 2.41. The van der Waals surface area contributed by atoms with E-state index in [1.54, 1.807) is 14.2 Å². The zero-order chi connectivity index (χ0) is 14.8. The Morgan fingerprint density at radius 1 is 1.15 bits per heavy atom. The highest BCUT2D eigenvalue weighted by molar-refractivity contribution is 5.45. The first-order valence-corrected chi connectivity index (χ1v) is 7.47. The van der Waals surface area contributed by atoms with Crippen molar-refractivity contribution in [2.75, 3.05) is 14.2 Å². The van der Waals surface area contributed by atoms with Crippen LogP contribution in [0.2, 0.25) is 0 Å². The number of hydrogen-bond donors (Lipinski definition) is 1. The van der Waals surface area contributed by atoms with Gasteiger partial charge in [-0.1, -0.05) is 32.8 Å². The van der Waals surface area contributed by atoms with E-state index >= 15 is 0 Å². The van der Waals surface area contributed by atoms with Crippen molar-refractivity contribution in [2.24, 2.45) is 11.8 Å². The van der Waals surface area contributed by atoms with E-state index in [1.807, 2.05) is 18.2 Å². The van der Waals surface area contributed by atoms with Gasteiger partial charge in [0, 0.05) is 0 Å². The van der Waals surface area contributed by atoms with E-state index < -0.39 is 5.60 Å². The van der Waals surface area contributed by atoms with E-state index in [9.17, 15) is 5.11 Å². The highest BCUT2D eigenvalue weighted by Gasteiger charge is 2.42. The number of hydrogen-bond acceptors (Lipinski definition) is 3. The Kier molecular flexibility index (Phi) is 4.59. The van der Waals surface area contributed by atoms with Gasteiger partial charge in [0.15, 0.2) is 11.5 Å². The molecule has 20 heavy (non-hydrogen) atoms. The summed E-state index contributed by atoms with van der Waals surface area (Å²) in [7, 11) is 3.26. The van der Waals surface area contributed by atoms with Gasteiger partial charge in [-0.2, -0.15) is 0 Å². The standard InChI is InChI=1S/C17H26O3/c1-12(2)14-7-5-6-10-17(14,18)13-8-9-15(19-3)16(11-13)20-4/h8-9,11-12,14,18H,5-7,10H2,1-4H3. The predicted octanol–water partition coefficient (Wildman–Crippen LogP) is 3.74. The van der Waals surface area contributed by atoms with Gasteiger partial charge < -0.3 is 14.6 Å². The maximum Gasteiger partial charge on any atom is 0.161 e. The van der Waals surface area contributed by atoms with Crippen molar-refractivity contribution in [2.45, 2.75) is 45.1 Å². The van der Waals surface area contributed by atoms with E-state index in [4.69, 9.17) is 9.47 Å². The minimum atomic E-state index is -0.744. The molecule has 0 heterocycles. The summed E-state index contributed by atoms with van der Waals surface area (Å²) in [5, 5.41) is 11.3. The molecule has 1 saturated carbocycles. The summed E-state index contributed by atoms with van der Waals surface area (Å²) in [4.78, 5) is 0. The number of aliphatic hydroxyl groups is 1. The van der Waals surface area contributed by atoms with Crippen LogP contribution in [0.25, 0.3) is 0 Å². The first kappa shape index (κ1) is 15.2. The van der Waals surface area contributed by atoms with Crippen molar-refractivity contribution in [1.29, 1.82) is 0 Å². The fourth-order valence-electron chi connectivity index (χ4n) is 3.53. The summed E-state index contributed by atoms with van der Waals surface area (Å²) in [6.07, 6.45) is 4.19. The highest BCUT2D eigenvalue weighted by atomic mass is 16.5. The quantitative estimate of drug-likeness (QED) is 0.912. The Labute approximate surface area is 121 Å². The van der Waals surface area contributed by atoms with Crippen LogP contribution in [0.5, 0.6) is 11.5 Å². The second-order valence-corrected chi connectivity index (χ2v) is 6.09. The normalized spacial score (nSPS) is 26.6. The maximum atomic E-state index is 11.3. The second-order valence-electron chi connectivity index (χ2n) is 6.09. The third-order valence-corrected chi connectivity index (χ3v) is 4.62. The van der Waals surface area contributed by atoms with Gasteiger partial charge in [0.2, 0.25) is 0 Å². The van der Waals surface area contributed by atoms with E-state index in [-0.39, 0.29) is 0 Å². The van der Waals surface area contributed by atoms with Crippen molar-refractivity contribution >= 4 is 0 Å². The van der Waals surface area contributed by atoms with Gasteiger partial charge in [-0.05, 0) is 42.4 Å². The minimum absolute atomic E-state index is 0.300. The van der Waals surface area contributed by atoms with Gasteiger partial charge in [0.1, 0.15) is 0 Å². The lowest BCUT2D eigenvalue weighted by Gasteiger charge is -2.43. The molecule has 0 spiro atoms. The van der Waals surface area contributed by atoms with Crippen LogP contribution in [0.4, 0.5) is 0 Å². The fraction of sp³-hybridized carbons (Fsp3) is 0.647. The minimum Gasteiger partial charge on any atom is -0.493 e. The van der Waals surface area contributed by atoms with Crippen molar-refractivity contribution in [3.05, 3.63) is 23.8 Å². The average Bonchev–Trinajstić information content (AvgIpc) is 2.46. The molecular weight excluding hydrogens is 252 g/mol. The maximum absolute atomic E-state index is 11.3. The monoisotopic (exact) mass is 278 g/mol. The lowest BCUT2D eigenvalue weighted by molar-refractivity contribution is -0.0722. The summed E-state index contributed by atoms with van der Waals surface area (Å²) in [5.41, 5.74) is 0.208. The summed E-state index contributed by atoms with van der Waals surface area (Å²) in [5.74, 6) is 2.16. The molecule has 0 radical (unpaired) electrons. The zero-order valence-corrected chi connectivity index (χ0v) is 13.0. The van der Waals surface area contributed by atoms with E-state index in [1.165, 1.54) is 6.42 Å². The molecule has 1 aromatic rings. The predicted molar refractivity (Wildman–Crippen MR) is 80.2 cm³/mol. The number of ether oxygens (including phenoxy) is 2. The molecule has 0 bridgehead atoms. The molecule has 0 amide bonds. The van der Waals surface area contributed by atoms with E-state index in [2.05, 4.69) is 13.8 Å². The molecule has 1 aromatic carbocycles. The SMILES string of the molecule is COc1ccc(C2(O)CCCCC2C(C)C)cc1OC. The van der Waals surface area contributed by atoms with E-state index in [0.29, 0.717) is 23.3 Å². The van der Waals surface area contributed by atoms with Crippen molar-refractivity contribution in [3.8, 4) is 11.5 Å². The van der Waals surface area contributed by atoms with Crippen LogP contribution >= 0.6 is 0 Å². The van der Waals surface area contributed by atoms with Gasteiger partial charge in [-0.3, -0.25) is 0 Å². The largest absolute Gasteiger partial charge is 0.493 e. The highest BCUT2D eigenvalue weighted by Crippen LogP contribution is 2.46. The summed E-state index contributed by atoms with van der Waals surface area (Å²) in [6, 6.07) is 5.79. The summed E-state index contributed by atoms with van der Waals surface area (Å²) < 4.78 is 10.7. The molecule has 1 aliphatic rings. The lowest BCUT2D eigenvalue weighted by atomic mass is 9.67. The van der Waals surface area contributed by atoms with Crippen LogP contribution in [0.1, 0.15) is 45.1 Å². The third kappa shape index (κ3) is 2.64. The first-order valence-electron chi connectivity index (χ1n) is 7.47. The summed E-state index contributed by atoms with van der Waals surface area (Å²) in [6.45, 7) is 4.39. The van der Waals surface area contributed by atoms with Gasteiger partial charge in [0.25, 0.3) is 0 Å². The number of rotatable bonds is 4. The number of benzene rings is 1. The molecule has 1 fully saturated rings. The van der Waals surface area contributed by atoms with Crippen LogP contribution in [0, 0.1) is 11.8 Å². The van der Waals surface area contributed by atoms with Crippen LogP contribution < -0.4 is 9.47 Å². The zero-order valence-electron chi connectivity index (χ0n) is 13.0. The molecule has 0 aromatic heterocycles. The molecule has 112 valence electrons. The molecule has 1 aliphatic carbocycles. The molecule has 1 N–H and O–H groups in total. The van der Waals surface area contributed by atoms with Crippen LogP contribution in [-0.4, -0.2) is 19.3 Å². The first-order chi connectivity index (χ1) is 9.52. The van der Waals surface area contributed by atoms with Crippen LogP contribution in [-0.2, 0) is 5.60 Å². The molecule has 2 unspecified atom stereocenters. The van der Waals surface area contributed by atoms with Crippen molar-refractivity contribution in [3.63, 3.8) is 0 Å². The Hall–Kier alpha value is -1.22. The molecule has 3 nitrogen and oxygen atoms in total. The number of methoxy groups -OCH3 is 2. The van der Waals surface area contributed by atoms with Crippen LogP contribution in [0.3, 0.4) is 0 Å². The van der Waals surface area contributed by atoms with Gasteiger partial charge in [0.05, 0.1) is 19.8 Å². The Morgan fingerprint density at radius 3 is 2.45 bits per heavy atom. The topological polar surface area (TPSA) is 38.7 Å². The Bertz CT molecular complexity index is 456. The fourth-order valence-corrected chi connectivity index (χ4v) is 3.53. The molecule has 3 heteroatoms. The van der Waals surface area contributed by atoms with Crippen molar-refractivity contribution < 1.29 is 14.6 Å². The molecular formula is C17H26O3. The van der Waals surface area contributed by atoms with Gasteiger partial charge >= 0.3 is 0 Å². The summed E-state index contributed by atoms with van der Waals surface area (Å²) >= 11 is 0.